The number of amides is 1. The third-order valence-corrected chi connectivity index (χ3v) is 6.75. The predicted octanol–water partition coefficient (Wildman–Crippen LogP) is 3.08. The van der Waals surface area contributed by atoms with E-state index >= 15 is 0 Å². The van der Waals surface area contributed by atoms with E-state index in [0.29, 0.717) is 17.7 Å². The van der Waals surface area contributed by atoms with Gasteiger partial charge in [-0.15, -0.1) is 11.3 Å². The van der Waals surface area contributed by atoms with Crippen LogP contribution in [0.15, 0.2) is 60.0 Å². The van der Waals surface area contributed by atoms with Crippen molar-refractivity contribution in [3.63, 3.8) is 0 Å². The number of aryl methyl sites for hydroxylation is 1. The molecule has 1 aromatic heterocycles. The molecule has 3 aromatic rings. The Morgan fingerprint density at radius 2 is 2.00 bits per heavy atom. The zero-order valence-corrected chi connectivity index (χ0v) is 17.6. The summed E-state index contributed by atoms with van der Waals surface area (Å²) in [5, 5.41) is 16.3. The molecule has 0 saturated heterocycles. The predicted molar refractivity (Wildman–Crippen MR) is 117 cm³/mol. The van der Waals surface area contributed by atoms with Gasteiger partial charge in [0, 0.05) is 29.2 Å². The van der Waals surface area contributed by atoms with Crippen LogP contribution >= 0.6 is 11.3 Å². The first-order chi connectivity index (χ1) is 14.5. The minimum absolute atomic E-state index is 0.0317. The Morgan fingerprint density at radius 3 is 2.73 bits per heavy atom. The van der Waals surface area contributed by atoms with Crippen molar-refractivity contribution in [2.45, 2.75) is 25.9 Å². The molecule has 2 aromatic carbocycles. The van der Waals surface area contributed by atoms with Gasteiger partial charge in [0.1, 0.15) is 12.6 Å². The Morgan fingerprint density at radius 1 is 1.20 bits per heavy atom. The second kappa shape index (κ2) is 8.77. The third-order valence-electron chi connectivity index (χ3n) is 5.77. The van der Waals surface area contributed by atoms with E-state index in [1.165, 1.54) is 27.0 Å². The van der Waals surface area contributed by atoms with Gasteiger partial charge in [-0.05, 0) is 30.0 Å². The van der Waals surface area contributed by atoms with Crippen molar-refractivity contribution >= 4 is 22.9 Å². The van der Waals surface area contributed by atoms with Crippen LogP contribution in [0.3, 0.4) is 0 Å². The lowest BCUT2D eigenvalue weighted by atomic mass is 9.98. The van der Waals surface area contributed by atoms with Gasteiger partial charge in [-0.25, -0.2) is 0 Å². The van der Waals surface area contributed by atoms with Gasteiger partial charge in [0.15, 0.2) is 0 Å². The maximum absolute atomic E-state index is 12.7. The van der Waals surface area contributed by atoms with Gasteiger partial charge in [0.05, 0.1) is 22.9 Å². The maximum Gasteiger partial charge on any atom is 0.273 e. The number of carbonyl (C=O) groups excluding carboxylic acids is 1. The number of nitrogens with one attached hydrogen (secondary N) is 2. The lowest BCUT2D eigenvalue weighted by molar-refractivity contribution is -0.945. The fourth-order valence-electron chi connectivity index (χ4n) is 4.08. The number of quaternary nitrogens is 1. The second-order valence-corrected chi connectivity index (χ2v) is 8.62. The molecule has 0 radical (unpaired) electrons. The number of nitro benzene ring substituents is 1. The van der Waals surface area contributed by atoms with Crippen molar-refractivity contribution in [1.82, 2.24) is 5.32 Å². The number of hydrogen-bond acceptors (Lipinski definition) is 4. The van der Waals surface area contributed by atoms with Gasteiger partial charge < -0.3 is 10.2 Å². The molecule has 1 amide bonds. The number of carbonyl (C=O) groups is 1. The van der Waals surface area contributed by atoms with Gasteiger partial charge in [-0.1, -0.05) is 36.4 Å². The van der Waals surface area contributed by atoms with Gasteiger partial charge in [0.25, 0.3) is 11.6 Å². The van der Waals surface area contributed by atoms with Gasteiger partial charge in [-0.2, -0.15) is 0 Å². The van der Waals surface area contributed by atoms with Crippen molar-refractivity contribution in [2.75, 3.05) is 13.1 Å². The molecule has 1 aliphatic rings. The lowest BCUT2D eigenvalue weighted by Crippen LogP contribution is -3.12. The van der Waals surface area contributed by atoms with Crippen molar-refractivity contribution in [1.29, 1.82) is 0 Å². The van der Waals surface area contributed by atoms with Crippen LogP contribution in [-0.4, -0.2) is 23.9 Å². The maximum atomic E-state index is 12.7. The smallest absolute Gasteiger partial charge is 0.273 e. The molecule has 2 heterocycles. The van der Waals surface area contributed by atoms with E-state index in [2.05, 4.69) is 41.0 Å². The van der Waals surface area contributed by atoms with E-state index in [0.717, 1.165) is 19.5 Å². The fraction of sp³-hybridized carbons (Fsp3) is 0.261. The van der Waals surface area contributed by atoms with Crippen LogP contribution in [0.5, 0.6) is 0 Å². The Balaban J connectivity index is 1.51. The largest absolute Gasteiger partial charge is 0.346 e. The molecule has 30 heavy (non-hydrogen) atoms. The van der Waals surface area contributed by atoms with Crippen LogP contribution in [0.4, 0.5) is 5.69 Å². The molecule has 0 spiro atoms. The first kappa shape index (κ1) is 20.3. The number of hydrogen-bond donors (Lipinski definition) is 2. The first-order valence-corrected chi connectivity index (χ1v) is 10.9. The van der Waals surface area contributed by atoms with Gasteiger partial charge >= 0.3 is 0 Å². The van der Waals surface area contributed by atoms with Crippen LogP contribution in [-0.2, 0) is 13.0 Å². The summed E-state index contributed by atoms with van der Waals surface area (Å²) in [5.74, 6) is -0.281. The molecule has 4 rings (SSSR count). The van der Waals surface area contributed by atoms with Crippen molar-refractivity contribution in [2.24, 2.45) is 0 Å². The molecule has 7 heteroatoms. The van der Waals surface area contributed by atoms with Crippen molar-refractivity contribution in [3.05, 3.63) is 97.2 Å². The number of benzene rings is 2. The molecule has 0 aliphatic carbocycles. The highest BCUT2D eigenvalue weighted by molar-refractivity contribution is 7.10. The van der Waals surface area contributed by atoms with Crippen LogP contribution in [0.25, 0.3) is 0 Å². The molecular weight excluding hydrogens is 398 g/mol. The minimum Gasteiger partial charge on any atom is -0.346 e. The summed E-state index contributed by atoms with van der Waals surface area (Å²) in [5.41, 5.74) is 3.60. The molecule has 154 valence electrons. The van der Waals surface area contributed by atoms with E-state index in [9.17, 15) is 14.9 Å². The number of nitrogens with zero attached hydrogens (tertiary/aromatic N) is 1. The zero-order chi connectivity index (χ0) is 21.1. The van der Waals surface area contributed by atoms with Crippen LogP contribution in [0, 0.1) is 17.0 Å². The second-order valence-electron chi connectivity index (χ2n) is 7.64. The molecule has 0 fully saturated rings. The standard InChI is InChI=1S/C23H23N3O3S/c1-16-8-9-18(13-20(16)26(28)29)23(27)24-14-21(22-7-4-12-30-22)25-11-10-17-5-2-3-6-19(17)15-25/h2-9,12-13,21H,10-11,14-15H2,1H3,(H,24,27)/p+1/t21-/m0/s1. The summed E-state index contributed by atoms with van der Waals surface area (Å²) in [7, 11) is 0. The van der Waals surface area contributed by atoms with Gasteiger partial charge in [-0.3, -0.25) is 14.9 Å². The monoisotopic (exact) mass is 422 g/mol. The quantitative estimate of drug-likeness (QED) is 0.473. The average molecular weight is 423 g/mol. The number of thiophene rings is 1. The summed E-state index contributed by atoms with van der Waals surface area (Å²) in [6.45, 7) is 4.08. The highest BCUT2D eigenvalue weighted by Crippen LogP contribution is 2.21. The Kier molecular flexibility index (Phi) is 5.92. The number of rotatable bonds is 6. The average Bonchev–Trinajstić information content (AvgIpc) is 3.28. The number of nitro groups is 1. The summed E-state index contributed by atoms with van der Waals surface area (Å²) in [4.78, 5) is 26.2. The van der Waals surface area contributed by atoms with Gasteiger partial charge in [0.2, 0.25) is 0 Å². The van der Waals surface area contributed by atoms with E-state index in [-0.39, 0.29) is 17.6 Å². The highest BCUT2D eigenvalue weighted by atomic mass is 32.1. The molecular formula is C23H24N3O3S+. The summed E-state index contributed by atoms with van der Waals surface area (Å²) in [6, 6.07) is 17.5. The summed E-state index contributed by atoms with van der Waals surface area (Å²) >= 11 is 1.70. The molecule has 2 atom stereocenters. The molecule has 2 N–H and O–H groups in total. The molecule has 0 saturated carbocycles. The topological polar surface area (TPSA) is 76.7 Å². The van der Waals surface area contributed by atoms with E-state index in [4.69, 9.17) is 0 Å². The van der Waals surface area contributed by atoms with E-state index < -0.39 is 4.92 Å². The third kappa shape index (κ3) is 4.27. The Bertz CT molecular complexity index is 1070. The van der Waals surface area contributed by atoms with Crippen LogP contribution < -0.4 is 10.2 Å². The van der Waals surface area contributed by atoms with Crippen LogP contribution in [0.2, 0.25) is 0 Å². The fourth-order valence-corrected chi connectivity index (χ4v) is 4.96. The Labute approximate surface area is 179 Å². The first-order valence-electron chi connectivity index (χ1n) is 10.0. The molecule has 0 bridgehead atoms. The molecule has 1 unspecified atom stereocenters. The van der Waals surface area contributed by atoms with E-state index in [1.54, 1.807) is 30.4 Å². The lowest BCUT2D eigenvalue weighted by Gasteiger charge is -2.32. The summed E-state index contributed by atoms with van der Waals surface area (Å²) < 4.78 is 0. The SMILES string of the molecule is Cc1ccc(C(=O)NC[C@@H](c2cccs2)[NH+]2CCc3ccccc3C2)cc1[N+](=O)[O-]. The Hall–Kier alpha value is -3.03. The minimum atomic E-state index is -0.449. The summed E-state index contributed by atoms with van der Waals surface area (Å²) in [6.07, 6.45) is 1.02. The molecule has 1 aliphatic heterocycles. The van der Waals surface area contributed by atoms with Crippen LogP contribution in [0.1, 0.15) is 38.0 Å². The normalized spacial score (nSPS) is 16.5. The van der Waals surface area contributed by atoms with Crippen molar-refractivity contribution < 1.29 is 14.6 Å². The highest BCUT2D eigenvalue weighted by Gasteiger charge is 2.29. The van der Waals surface area contributed by atoms with E-state index in [1.807, 2.05) is 6.07 Å². The van der Waals surface area contributed by atoms with Crippen molar-refractivity contribution in [3.8, 4) is 0 Å². The number of fused-ring (bicyclic) bond motifs is 1. The zero-order valence-electron chi connectivity index (χ0n) is 16.8. The molecule has 6 nitrogen and oxygen atoms in total.